The third kappa shape index (κ3) is 2.74. The van der Waals surface area contributed by atoms with Crippen molar-refractivity contribution in [1.82, 2.24) is 15.1 Å². The molecule has 0 saturated carbocycles. The summed E-state index contributed by atoms with van der Waals surface area (Å²) < 4.78 is 1.59. The molecule has 0 bridgehead atoms. The van der Waals surface area contributed by atoms with Crippen LogP contribution < -0.4 is 5.32 Å². The maximum absolute atomic E-state index is 11.3. The fourth-order valence-corrected chi connectivity index (χ4v) is 0.858. The minimum atomic E-state index is -0.163. The van der Waals surface area contributed by atoms with Crippen LogP contribution in [-0.4, -0.2) is 22.2 Å². The smallest absolute Gasteiger partial charge is 0.272 e. The van der Waals surface area contributed by atoms with E-state index < -0.39 is 0 Å². The molecular formula is C9H13N3O. The van der Waals surface area contributed by atoms with Crippen LogP contribution in [0.15, 0.2) is 24.4 Å². The summed E-state index contributed by atoms with van der Waals surface area (Å²) in [7, 11) is 1.77. The van der Waals surface area contributed by atoms with E-state index in [2.05, 4.69) is 17.0 Å². The van der Waals surface area contributed by atoms with Crippen molar-refractivity contribution in [2.75, 3.05) is 6.54 Å². The van der Waals surface area contributed by atoms with Gasteiger partial charge in [0.1, 0.15) is 5.69 Å². The molecule has 1 amide bonds. The molecule has 0 saturated heterocycles. The van der Waals surface area contributed by atoms with Gasteiger partial charge in [-0.3, -0.25) is 9.48 Å². The van der Waals surface area contributed by atoms with E-state index in [9.17, 15) is 4.79 Å². The molecule has 13 heavy (non-hydrogen) atoms. The van der Waals surface area contributed by atoms with Crippen molar-refractivity contribution in [1.29, 1.82) is 0 Å². The van der Waals surface area contributed by atoms with E-state index in [1.807, 2.05) is 6.92 Å². The number of amides is 1. The quantitative estimate of drug-likeness (QED) is 0.695. The Kier molecular flexibility index (Phi) is 2.84. The van der Waals surface area contributed by atoms with Gasteiger partial charge < -0.3 is 5.32 Å². The largest absolute Gasteiger partial charge is 0.347 e. The molecule has 1 N–H and O–H groups in total. The second-order valence-electron chi connectivity index (χ2n) is 3.01. The van der Waals surface area contributed by atoms with E-state index in [-0.39, 0.29) is 5.91 Å². The van der Waals surface area contributed by atoms with Gasteiger partial charge in [0.2, 0.25) is 0 Å². The molecule has 1 aromatic rings. The molecule has 1 aromatic heterocycles. The van der Waals surface area contributed by atoms with Crippen molar-refractivity contribution in [3.63, 3.8) is 0 Å². The Hall–Kier alpha value is -1.58. The van der Waals surface area contributed by atoms with Gasteiger partial charge in [-0.2, -0.15) is 5.10 Å². The second kappa shape index (κ2) is 3.89. The summed E-state index contributed by atoms with van der Waals surface area (Å²) in [5.74, 6) is -0.163. The molecule has 1 rings (SSSR count). The molecule has 0 unspecified atom stereocenters. The molecule has 0 fully saturated rings. The standard InChI is InChI=1S/C9H13N3O/c1-7(2)6-10-9(13)8-4-5-12(3)11-8/h4-5H,1,6H2,2-3H3,(H,10,13). The summed E-state index contributed by atoms with van der Waals surface area (Å²) in [5, 5.41) is 6.66. The summed E-state index contributed by atoms with van der Waals surface area (Å²) in [6, 6.07) is 1.67. The molecule has 0 aromatic carbocycles. The first kappa shape index (κ1) is 9.51. The fourth-order valence-electron chi connectivity index (χ4n) is 0.858. The predicted octanol–water partition coefficient (Wildman–Crippen LogP) is 0.726. The normalized spacial score (nSPS) is 9.69. The van der Waals surface area contributed by atoms with Crippen LogP contribution >= 0.6 is 0 Å². The number of nitrogens with one attached hydrogen (secondary N) is 1. The van der Waals surface area contributed by atoms with Crippen LogP contribution in [0.1, 0.15) is 17.4 Å². The molecule has 0 aliphatic carbocycles. The summed E-state index contributed by atoms with van der Waals surface area (Å²) in [6.45, 7) is 6.04. The zero-order valence-electron chi connectivity index (χ0n) is 7.87. The van der Waals surface area contributed by atoms with E-state index in [0.29, 0.717) is 12.2 Å². The van der Waals surface area contributed by atoms with Crippen LogP contribution in [0.4, 0.5) is 0 Å². The van der Waals surface area contributed by atoms with Crippen LogP contribution in [0.5, 0.6) is 0 Å². The van der Waals surface area contributed by atoms with E-state index in [1.165, 1.54) is 0 Å². The third-order valence-electron chi connectivity index (χ3n) is 1.50. The number of aryl methyl sites for hydroxylation is 1. The highest BCUT2D eigenvalue weighted by Crippen LogP contribution is 1.93. The first-order chi connectivity index (χ1) is 6.09. The maximum atomic E-state index is 11.3. The highest BCUT2D eigenvalue weighted by molar-refractivity contribution is 5.92. The molecule has 0 spiro atoms. The van der Waals surface area contributed by atoms with Gasteiger partial charge in [0.25, 0.3) is 5.91 Å². The van der Waals surface area contributed by atoms with Crippen molar-refractivity contribution >= 4 is 5.91 Å². The van der Waals surface area contributed by atoms with Gasteiger partial charge in [-0.25, -0.2) is 0 Å². The molecule has 0 atom stereocenters. The van der Waals surface area contributed by atoms with E-state index >= 15 is 0 Å². The Bertz CT molecular complexity index is 327. The minimum absolute atomic E-state index is 0.163. The molecule has 0 aliphatic heterocycles. The number of hydrogen-bond acceptors (Lipinski definition) is 2. The van der Waals surface area contributed by atoms with Crippen LogP contribution in [0, 0.1) is 0 Å². The lowest BCUT2D eigenvalue weighted by molar-refractivity contribution is 0.0951. The van der Waals surface area contributed by atoms with Gasteiger partial charge in [0, 0.05) is 19.8 Å². The summed E-state index contributed by atoms with van der Waals surface area (Å²) in [5.41, 5.74) is 1.35. The first-order valence-electron chi connectivity index (χ1n) is 4.02. The topological polar surface area (TPSA) is 46.9 Å². The van der Waals surface area contributed by atoms with E-state index in [4.69, 9.17) is 0 Å². The van der Waals surface area contributed by atoms with E-state index in [1.54, 1.807) is 24.0 Å². The summed E-state index contributed by atoms with van der Waals surface area (Å²) >= 11 is 0. The molecule has 0 aliphatic rings. The number of carbonyl (C=O) groups excluding carboxylic acids is 1. The zero-order valence-corrected chi connectivity index (χ0v) is 7.87. The SMILES string of the molecule is C=C(C)CNC(=O)c1ccn(C)n1. The third-order valence-corrected chi connectivity index (χ3v) is 1.50. The fraction of sp³-hybridized carbons (Fsp3) is 0.333. The molecule has 0 radical (unpaired) electrons. The van der Waals surface area contributed by atoms with Gasteiger partial charge >= 0.3 is 0 Å². The first-order valence-corrected chi connectivity index (χ1v) is 4.02. The Labute approximate surface area is 77.3 Å². The van der Waals surface area contributed by atoms with Gasteiger partial charge in [-0.1, -0.05) is 12.2 Å². The number of aromatic nitrogens is 2. The maximum Gasteiger partial charge on any atom is 0.272 e. The van der Waals surface area contributed by atoms with Crippen LogP contribution in [0.2, 0.25) is 0 Å². The Morgan fingerprint density at radius 3 is 2.92 bits per heavy atom. The second-order valence-corrected chi connectivity index (χ2v) is 3.01. The highest BCUT2D eigenvalue weighted by atomic mass is 16.1. The Balaban J connectivity index is 2.54. The lowest BCUT2D eigenvalue weighted by Crippen LogP contribution is -2.25. The lowest BCUT2D eigenvalue weighted by Gasteiger charge is -2.00. The van der Waals surface area contributed by atoms with Crippen molar-refractivity contribution < 1.29 is 4.79 Å². The van der Waals surface area contributed by atoms with Crippen LogP contribution in [0.25, 0.3) is 0 Å². The Morgan fingerprint density at radius 1 is 1.77 bits per heavy atom. The van der Waals surface area contributed by atoms with Crippen LogP contribution in [0.3, 0.4) is 0 Å². The van der Waals surface area contributed by atoms with E-state index in [0.717, 1.165) is 5.57 Å². The van der Waals surface area contributed by atoms with Crippen molar-refractivity contribution in [2.24, 2.45) is 7.05 Å². The van der Waals surface area contributed by atoms with Gasteiger partial charge in [-0.05, 0) is 13.0 Å². The molecule has 70 valence electrons. The average molecular weight is 179 g/mol. The molecule has 1 heterocycles. The molecular weight excluding hydrogens is 166 g/mol. The zero-order chi connectivity index (χ0) is 9.84. The van der Waals surface area contributed by atoms with Gasteiger partial charge in [0.15, 0.2) is 0 Å². The summed E-state index contributed by atoms with van der Waals surface area (Å²) in [6.07, 6.45) is 1.73. The van der Waals surface area contributed by atoms with Crippen LogP contribution in [-0.2, 0) is 7.05 Å². The summed E-state index contributed by atoms with van der Waals surface area (Å²) in [4.78, 5) is 11.3. The molecule has 4 nitrogen and oxygen atoms in total. The van der Waals surface area contributed by atoms with Crippen molar-refractivity contribution in [3.05, 3.63) is 30.1 Å². The monoisotopic (exact) mass is 179 g/mol. The minimum Gasteiger partial charge on any atom is -0.347 e. The number of nitrogens with zero attached hydrogens (tertiary/aromatic N) is 2. The number of hydrogen-bond donors (Lipinski definition) is 1. The lowest BCUT2D eigenvalue weighted by atomic mass is 10.3. The number of carbonyl (C=O) groups is 1. The van der Waals surface area contributed by atoms with Gasteiger partial charge in [0.05, 0.1) is 0 Å². The number of rotatable bonds is 3. The van der Waals surface area contributed by atoms with Crippen molar-refractivity contribution in [2.45, 2.75) is 6.92 Å². The van der Waals surface area contributed by atoms with Gasteiger partial charge in [-0.15, -0.1) is 0 Å². The predicted molar refractivity (Wildman–Crippen MR) is 50.4 cm³/mol. The van der Waals surface area contributed by atoms with Crippen molar-refractivity contribution in [3.8, 4) is 0 Å². The molecule has 4 heteroatoms. The average Bonchev–Trinajstić information content (AvgIpc) is 2.47. The highest BCUT2D eigenvalue weighted by Gasteiger charge is 2.06. The Morgan fingerprint density at radius 2 is 2.46 bits per heavy atom.